The Labute approximate surface area is 95.0 Å². The highest BCUT2D eigenvalue weighted by atomic mass is 16.1. The highest BCUT2D eigenvalue weighted by Gasteiger charge is 2.05. The van der Waals surface area contributed by atoms with Crippen LogP contribution >= 0.6 is 0 Å². The quantitative estimate of drug-likeness (QED) is 0.752. The van der Waals surface area contributed by atoms with Gasteiger partial charge in [0.1, 0.15) is 0 Å². The first-order valence-electron chi connectivity index (χ1n) is 5.36. The van der Waals surface area contributed by atoms with Crippen LogP contribution in [0.1, 0.15) is 16.7 Å². The van der Waals surface area contributed by atoms with E-state index >= 15 is 0 Å². The molecule has 0 amide bonds. The van der Waals surface area contributed by atoms with Gasteiger partial charge in [0.05, 0.1) is 6.54 Å². The molecule has 0 spiro atoms. The Morgan fingerprint density at radius 3 is 2.25 bits per heavy atom. The third-order valence-corrected chi connectivity index (χ3v) is 2.99. The summed E-state index contributed by atoms with van der Waals surface area (Å²) in [5, 5.41) is 0. The van der Waals surface area contributed by atoms with Gasteiger partial charge in [-0.25, -0.2) is 4.79 Å². The summed E-state index contributed by atoms with van der Waals surface area (Å²) in [5.74, 6) is 0. The predicted molar refractivity (Wildman–Crippen MR) is 64.7 cm³/mol. The topological polar surface area (TPSA) is 26.9 Å². The number of aryl methyl sites for hydroxylation is 3. The smallest absolute Gasteiger partial charge is 0.302 e. The van der Waals surface area contributed by atoms with Crippen molar-refractivity contribution in [3.63, 3.8) is 0 Å². The zero-order chi connectivity index (χ0) is 11.7. The van der Waals surface area contributed by atoms with Crippen molar-refractivity contribution in [1.29, 1.82) is 0 Å². The van der Waals surface area contributed by atoms with Crippen molar-refractivity contribution in [3.8, 4) is 0 Å². The molecule has 0 aliphatic carbocycles. The maximum atomic E-state index is 11.7. The minimum atomic E-state index is 0.0302. The molecular formula is C13H16N2O. The second-order valence-corrected chi connectivity index (χ2v) is 4.19. The van der Waals surface area contributed by atoms with Gasteiger partial charge >= 0.3 is 5.69 Å². The molecule has 0 fully saturated rings. The van der Waals surface area contributed by atoms with Crippen molar-refractivity contribution < 1.29 is 0 Å². The zero-order valence-corrected chi connectivity index (χ0v) is 9.90. The van der Waals surface area contributed by atoms with Crippen molar-refractivity contribution in [1.82, 2.24) is 9.13 Å². The fourth-order valence-corrected chi connectivity index (χ4v) is 1.90. The maximum Gasteiger partial charge on any atom is 0.328 e. The van der Waals surface area contributed by atoms with E-state index in [1.165, 1.54) is 16.7 Å². The number of nitrogens with zero attached hydrogens (tertiary/aromatic N) is 2. The van der Waals surface area contributed by atoms with Crippen LogP contribution in [0.25, 0.3) is 0 Å². The van der Waals surface area contributed by atoms with E-state index in [1.54, 1.807) is 22.4 Å². The Hall–Kier alpha value is -1.77. The lowest BCUT2D eigenvalue weighted by atomic mass is 10.0. The second kappa shape index (κ2) is 4.00. The summed E-state index contributed by atoms with van der Waals surface area (Å²) in [6.45, 7) is 4.81. The van der Waals surface area contributed by atoms with Crippen molar-refractivity contribution in [3.05, 3.63) is 57.8 Å². The van der Waals surface area contributed by atoms with Crippen molar-refractivity contribution in [2.45, 2.75) is 20.4 Å². The molecule has 2 aromatic rings. The third kappa shape index (κ3) is 1.81. The molecule has 0 saturated heterocycles. The van der Waals surface area contributed by atoms with E-state index in [4.69, 9.17) is 0 Å². The second-order valence-electron chi connectivity index (χ2n) is 4.19. The molecule has 0 aliphatic heterocycles. The van der Waals surface area contributed by atoms with Crippen LogP contribution < -0.4 is 5.69 Å². The SMILES string of the molecule is Cc1cccc(C)c1Cn1ccn(C)c1=O. The van der Waals surface area contributed by atoms with Gasteiger partial charge in [-0.3, -0.25) is 4.57 Å². The molecule has 0 aliphatic rings. The summed E-state index contributed by atoms with van der Waals surface area (Å²) in [6, 6.07) is 6.20. The van der Waals surface area contributed by atoms with E-state index < -0.39 is 0 Å². The lowest BCUT2D eigenvalue weighted by Gasteiger charge is -2.09. The summed E-state index contributed by atoms with van der Waals surface area (Å²) in [7, 11) is 1.77. The predicted octanol–water partition coefficient (Wildman–Crippen LogP) is 1.85. The summed E-state index contributed by atoms with van der Waals surface area (Å²) in [5.41, 5.74) is 3.73. The number of aromatic nitrogens is 2. The molecule has 1 aromatic heterocycles. The summed E-state index contributed by atoms with van der Waals surface area (Å²) in [6.07, 6.45) is 3.62. The Balaban J connectivity index is 2.42. The molecule has 1 aromatic carbocycles. The van der Waals surface area contributed by atoms with E-state index in [9.17, 15) is 4.79 Å². The van der Waals surface area contributed by atoms with Crippen LogP contribution in [0.15, 0.2) is 35.4 Å². The minimum absolute atomic E-state index is 0.0302. The number of hydrogen-bond acceptors (Lipinski definition) is 1. The molecule has 84 valence electrons. The first-order valence-corrected chi connectivity index (χ1v) is 5.36. The largest absolute Gasteiger partial charge is 0.328 e. The van der Waals surface area contributed by atoms with Gasteiger partial charge in [0, 0.05) is 19.4 Å². The average Bonchev–Trinajstić information content (AvgIpc) is 2.55. The van der Waals surface area contributed by atoms with Crippen LogP contribution in [0.4, 0.5) is 0 Å². The number of imidazole rings is 1. The molecule has 0 bridgehead atoms. The molecule has 0 N–H and O–H groups in total. The molecule has 0 saturated carbocycles. The third-order valence-electron chi connectivity index (χ3n) is 2.99. The molecule has 0 unspecified atom stereocenters. The van der Waals surface area contributed by atoms with E-state index in [-0.39, 0.29) is 5.69 Å². The molecule has 0 radical (unpaired) electrons. The molecule has 3 heteroatoms. The van der Waals surface area contributed by atoms with Gasteiger partial charge in [0.15, 0.2) is 0 Å². The van der Waals surface area contributed by atoms with Gasteiger partial charge in [-0.05, 0) is 30.5 Å². The highest BCUT2D eigenvalue weighted by Crippen LogP contribution is 2.13. The van der Waals surface area contributed by atoms with Crippen molar-refractivity contribution in [2.75, 3.05) is 0 Å². The lowest BCUT2D eigenvalue weighted by Crippen LogP contribution is -2.22. The van der Waals surface area contributed by atoms with Crippen molar-refractivity contribution >= 4 is 0 Å². The van der Waals surface area contributed by atoms with Crippen LogP contribution in [-0.2, 0) is 13.6 Å². The van der Waals surface area contributed by atoms with Gasteiger partial charge in [-0.1, -0.05) is 18.2 Å². The first-order chi connectivity index (χ1) is 7.59. The monoisotopic (exact) mass is 216 g/mol. The van der Waals surface area contributed by atoms with Gasteiger partial charge in [0.2, 0.25) is 0 Å². The van der Waals surface area contributed by atoms with Gasteiger partial charge in [-0.2, -0.15) is 0 Å². The molecule has 16 heavy (non-hydrogen) atoms. The fraction of sp³-hybridized carbons (Fsp3) is 0.308. The van der Waals surface area contributed by atoms with E-state index in [2.05, 4.69) is 26.0 Å². The normalized spacial score (nSPS) is 10.7. The lowest BCUT2D eigenvalue weighted by molar-refractivity contribution is 0.712. The Morgan fingerprint density at radius 2 is 1.75 bits per heavy atom. The van der Waals surface area contributed by atoms with Crippen LogP contribution in [0.2, 0.25) is 0 Å². The van der Waals surface area contributed by atoms with Crippen LogP contribution in [0.5, 0.6) is 0 Å². The van der Waals surface area contributed by atoms with Gasteiger partial charge in [0.25, 0.3) is 0 Å². The fourth-order valence-electron chi connectivity index (χ4n) is 1.90. The number of rotatable bonds is 2. The molecule has 2 rings (SSSR count). The van der Waals surface area contributed by atoms with E-state index in [0.717, 1.165) is 0 Å². The van der Waals surface area contributed by atoms with Crippen molar-refractivity contribution in [2.24, 2.45) is 7.05 Å². The molecule has 3 nitrogen and oxygen atoms in total. The summed E-state index contributed by atoms with van der Waals surface area (Å²) in [4.78, 5) is 11.7. The molecule has 0 atom stereocenters. The van der Waals surface area contributed by atoms with Crippen LogP contribution in [0, 0.1) is 13.8 Å². The van der Waals surface area contributed by atoms with Gasteiger partial charge in [-0.15, -0.1) is 0 Å². The maximum absolute atomic E-state index is 11.7. The average molecular weight is 216 g/mol. The Kier molecular flexibility index (Phi) is 2.69. The summed E-state index contributed by atoms with van der Waals surface area (Å²) < 4.78 is 3.32. The Bertz CT molecular complexity index is 543. The number of hydrogen-bond donors (Lipinski definition) is 0. The van der Waals surface area contributed by atoms with Crippen LogP contribution in [-0.4, -0.2) is 9.13 Å². The van der Waals surface area contributed by atoms with Crippen LogP contribution in [0.3, 0.4) is 0 Å². The minimum Gasteiger partial charge on any atom is -0.302 e. The zero-order valence-electron chi connectivity index (χ0n) is 9.90. The highest BCUT2D eigenvalue weighted by molar-refractivity contribution is 5.33. The number of benzene rings is 1. The molecule has 1 heterocycles. The first kappa shape index (κ1) is 10.7. The molecular weight excluding hydrogens is 200 g/mol. The van der Waals surface area contributed by atoms with E-state index in [0.29, 0.717) is 6.54 Å². The summed E-state index contributed by atoms with van der Waals surface area (Å²) >= 11 is 0. The standard InChI is InChI=1S/C13H16N2O/c1-10-5-4-6-11(2)12(10)9-15-8-7-14(3)13(15)16/h4-8H,9H2,1-3H3. The van der Waals surface area contributed by atoms with E-state index in [1.807, 2.05) is 12.3 Å². The Morgan fingerprint density at radius 1 is 1.12 bits per heavy atom. The van der Waals surface area contributed by atoms with Gasteiger partial charge < -0.3 is 4.57 Å².